The Balaban J connectivity index is 2.15. The van der Waals surface area contributed by atoms with Crippen LogP contribution in [0.3, 0.4) is 0 Å². The molecule has 0 aliphatic rings. The zero-order valence-corrected chi connectivity index (χ0v) is 12.8. The zero-order valence-electron chi connectivity index (χ0n) is 11.2. The minimum Gasteiger partial charge on any atom is -0.497 e. The van der Waals surface area contributed by atoms with E-state index in [-0.39, 0.29) is 10.3 Å². The third-order valence-corrected chi connectivity index (χ3v) is 5.81. The van der Waals surface area contributed by atoms with Gasteiger partial charge in [-0.25, -0.2) is 13.1 Å². The summed E-state index contributed by atoms with van der Waals surface area (Å²) < 4.78 is 32.3. The maximum absolute atomic E-state index is 12.2. The lowest BCUT2D eigenvalue weighted by molar-refractivity contribution is 0.414. The third-order valence-electron chi connectivity index (χ3n) is 2.81. The van der Waals surface area contributed by atoms with Crippen molar-refractivity contribution in [1.29, 1.82) is 0 Å². The van der Waals surface area contributed by atoms with Crippen molar-refractivity contribution in [3.63, 3.8) is 0 Å². The average molecular weight is 312 g/mol. The van der Waals surface area contributed by atoms with E-state index in [0.29, 0.717) is 5.69 Å². The molecule has 0 spiro atoms. The van der Waals surface area contributed by atoms with Crippen LogP contribution in [0.1, 0.15) is 18.5 Å². The molecule has 3 N–H and O–H groups in total. The standard InChI is InChI=1S/C13H16N2O3S2/c1-9(10-3-5-12(18-2)6-4-10)15-20(16,17)13-7-11(14)8-19-13/h3-9,15H,14H2,1-2H3. The monoisotopic (exact) mass is 312 g/mol. The Bertz CT molecular complexity index is 678. The number of nitrogens with two attached hydrogens (primary N) is 1. The van der Waals surface area contributed by atoms with Gasteiger partial charge in [0, 0.05) is 17.1 Å². The summed E-state index contributed by atoms with van der Waals surface area (Å²) in [6.45, 7) is 1.79. The summed E-state index contributed by atoms with van der Waals surface area (Å²) in [5.41, 5.74) is 6.86. The van der Waals surface area contributed by atoms with E-state index in [1.54, 1.807) is 31.5 Å². The van der Waals surface area contributed by atoms with Crippen molar-refractivity contribution in [2.45, 2.75) is 17.2 Å². The van der Waals surface area contributed by atoms with Crippen LogP contribution in [0.2, 0.25) is 0 Å². The zero-order chi connectivity index (χ0) is 14.8. The Morgan fingerprint density at radius 3 is 2.45 bits per heavy atom. The highest BCUT2D eigenvalue weighted by molar-refractivity contribution is 7.91. The van der Waals surface area contributed by atoms with Crippen LogP contribution in [0.15, 0.2) is 39.9 Å². The summed E-state index contributed by atoms with van der Waals surface area (Å²) in [6, 6.07) is 8.36. The number of nitrogens with one attached hydrogen (secondary N) is 1. The second kappa shape index (κ2) is 5.82. The third kappa shape index (κ3) is 3.30. The molecule has 2 rings (SSSR count). The molecular weight excluding hydrogens is 296 g/mol. The Kier molecular flexibility index (Phi) is 4.32. The molecular formula is C13H16N2O3S2. The lowest BCUT2D eigenvalue weighted by atomic mass is 10.1. The maximum atomic E-state index is 12.2. The van der Waals surface area contributed by atoms with Gasteiger partial charge in [0.2, 0.25) is 0 Å². The summed E-state index contributed by atoms with van der Waals surface area (Å²) in [7, 11) is -1.96. The van der Waals surface area contributed by atoms with E-state index in [2.05, 4.69) is 4.72 Å². The summed E-state index contributed by atoms with van der Waals surface area (Å²) >= 11 is 1.10. The second-order valence-electron chi connectivity index (χ2n) is 4.32. The Morgan fingerprint density at radius 1 is 1.30 bits per heavy atom. The van der Waals surface area contributed by atoms with Crippen LogP contribution < -0.4 is 15.2 Å². The Labute approximate surface area is 122 Å². The van der Waals surface area contributed by atoms with Gasteiger partial charge in [-0.2, -0.15) is 0 Å². The van der Waals surface area contributed by atoms with Crippen LogP contribution in [0.4, 0.5) is 5.69 Å². The average Bonchev–Trinajstić information content (AvgIpc) is 2.86. The fourth-order valence-electron chi connectivity index (χ4n) is 1.72. The van der Waals surface area contributed by atoms with E-state index in [0.717, 1.165) is 22.6 Å². The van der Waals surface area contributed by atoms with Crippen molar-refractivity contribution < 1.29 is 13.2 Å². The first-order valence-electron chi connectivity index (χ1n) is 5.92. The second-order valence-corrected chi connectivity index (χ2v) is 7.17. The molecule has 0 aliphatic carbocycles. The SMILES string of the molecule is COc1ccc(C(C)NS(=O)(=O)c2cc(N)cs2)cc1. The van der Waals surface area contributed by atoms with Gasteiger partial charge < -0.3 is 10.5 Å². The van der Waals surface area contributed by atoms with Gasteiger partial charge in [-0.1, -0.05) is 12.1 Å². The van der Waals surface area contributed by atoms with Gasteiger partial charge in [-0.3, -0.25) is 0 Å². The van der Waals surface area contributed by atoms with Crippen molar-refractivity contribution in [1.82, 2.24) is 4.72 Å². The highest BCUT2D eigenvalue weighted by Crippen LogP contribution is 2.24. The highest BCUT2D eigenvalue weighted by atomic mass is 32.2. The summed E-state index contributed by atoms with van der Waals surface area (Å²) in [5.74, 6) is 0.731. The molecule has 0 bridgehead atoms. The van der Waals surface area contributed by atoms with Crippen LogP contribution >= 0.6 is 11.3 Å². The maximum Gasteiger partial charge on any atom is 0.250 e. The first-order chi connectivity index (χ1) is 9.42. The number of benzene rings is 1. The molecule has 1 heterocycles. The Morgan fingerprint density at radius 2 is 1.95 bits per heavy atom. The first kappa shape index (κ1) is 14.8. The lowest BCUT2D eigenvalue weighted by Crippen LogP contribution is -2.26. The van der Waals surface area contributed by atoms with Gasteiger partial charge >= 0.3 is 0 Å². The number of rotatable bonds is 5. The van der Waals surface area contributed by atoms with Crippen LogP contribution in [-0.4, -0.2) is 15.5 Å². The normalized spacial score (nSPS) is 13.1. The van der Waals surface area contributed by atoms with Gasteiger partial charge in [0.15, 0.2) is 0 Å². The molecule has 0 radical (unpaired) electrons. The molecule has 0 aliphatic heterocycles. The fourth-order valence-corrected chi connectivity index (χ4v) is 4.05. The minimum atomic E-state index is -3.55. The molecule has 0 saturated carbocycles. The molecule has 1 atom stereocenters. The van der Waals surface area contributed by atoms with Gasteiger partial charge in [0.1, 0.15) is 9.96 Å². The van der Waals surface area contributed by atoms with E-state index in [9.17, 15) is 8.42 Å². The van der Waals surface area contributed by atoms with Crippen molar-refractivity contribution in [3.05, 3.63) is 41.3 Å². The number of thiophene rings is 1. The number of hydrogen-bond donors (Lipinski definition) is 2. The molecule has 7 heteroatoms. The number of hydrogen-bond acceptors (Lipinski definition) is 5. The van der Waals surface area contributed by atoms with Crippen LogP contribution in [0, 0.1) is 0 Å². The Hall–Kier alpha value is -1.57. The molecule has 108 valence electrons. The minimum absolute atomic E-state index is 0.218. The van der Waals surface area contributed by atoms with Crippen molar-refractivity contribution >= 4 is 27.0 Å². The van der Waals surface area contributed by atoms with Crippen molar-refractivity contribution in [3.8, 4) is 5.75 Å². The van der Waals surface area contributed by atoms with Crippen LogP contribution in [0.5, 0.6) is 5.75 Å². The van der Waals surface area contributed by atoms with Gasteiger partial charge in [0.25, 0.3) is 10.0 Å². The molecule has 1 unspecified atom stereocenters. The molecule has 1 aromatic heterocycles. The van der Waals surface area contributed by atoms with E-state index < -0.39 is 10.0 Å². The molecule has 2 aromatic rings. The molecule has 1 aromatic carbocycles. The molecule has 0 fully saturated rings. The van der Waals surface area contributed by atoms with Crippen LogP contribution in [-0.2, 0) is 10.0 Å². The molecule has 0 saturated heterocycles. The number of anilines is 1. The smallest absolute Gasteiger partial charge is 0.250 e. The fraction of sp³-hybridized carbons (Fsp3) is 0.231. The molecule has 5 nitrogen and oxygen atoms in total. The van der Waals surface area contributed by atoms with E-state index in [1.165, 1.54) is 6.07 Å². The summed E-state index contributed by atoms with van der Waals surface area (Å²) in [4.78, 5) is 0. The van der Waals surface area contributed by atoms with Gasteiger partial charge in [0.05, 0.1) is 7.11 Å². The first-order valence-corrected chi connectivity index (χ1v) is 8.29. The van der Waals surface area contributed by atoms with Crippen molar-refractivity contribution in [2.75, 3.05) is 12.8 Å². The largest absolute Gasteiger partial charge is 0.497 e. The van der Waals surface area contributed by atoms with Gasteiger partial charge in [-0.05, 0) is 30.7 Å². The number of nitrogen functional groups attached to an aromatic ring is 1. The number of sulfonamides is 1. The lowest BCUT2D eigenvalue weighted by Gasteiger charge is -2.14. The van der Waals surface area contributed by atoms with Crippen molar-refractivity contribution in [2.24, 2.45) is 0 Å². The van der Waals surface area contributed by atoms with Crippen LogP contribution in [0.25, 0.3) is 0 Å². The topological polar surface area (TPSA) is 81.4 Å². The molecule has 20 heavy (non-hydrogen) atoms. The number of ether oxygens (including phenoxy) is 1. The summed E-state index contributed by atoms with van der Waals surface area (Å²) in [6.07, 6.45) is 0. The van der Waals surface area contributed by atoms with E-state index >= 15 is 0 Å². The van der Waals surface area contributed by atoms with Gasteiger partial charge in [-0.15, -0.1) is 11.3 Å². The predicted octanol–water partition coefficient (Wildman–Crippen LogP) is 2.38. The highest BCUT2D eigenvalue weighted by Gasteiger charge is 2.20. The molecule has 0 amide bonds. The summed E-state index contributed by atoms with van der Waals surface area (Å²) in [5, 5.41) is 1.60. The number of methoxy groups -OCH3 is 1. The predicted molar refractivity (Wildman–Crippen MR) is 80.5 cm³/mol. The van der Waals surface area contributed by atoms with E-state index in [1.807, 2.05) is 12.1 Å². The van der Waals surface area contributed by atoms with E-state index in [4.69, 9.17) is 10.5 Å². The quantitative estimate of drug-likeness (QED) is 0.888.